The Bertz CT molecular complexity index is 1390. The lowest BCUT2D eigenvalue weighted by Crippen LogP contribution is -2.31. The van der Waals surface area contributed by atoms with Gasteiger partial charge >= 0.3 is 0 Å². The van der Waals surface area contributed by atoms with E-state index in [0.717, 1.165) is 51.4 Å². The summed E-state index contributed by atoms with van der Waals surface area (Å²) in [7, 11) is 0. The van der Waals surface area contributed by atoms with E-state index in [1.54, 1.807) is 21.8 Å². The van der Waals surface area contributed by atoms with Crippen LogP contribution in [0.25, 0.3) is 32.7 Å². The van der Waals surface area contributed by atoms with Crippen molar-refractivity contribution in [3.63, 3.8) is 0 Å². The van der Waals surface area contributed by atoms with Crippen molar-refractivity contribution < 1.29 is 5.11 Å². The standard InChI is InChI=1S/C24H24N4O2S/c1-15-11-23-26-21(18-3-4-20-22(12-18)31-16(2)25-20)13-24(30)28(23)14-19(15)17-5-7-27(8-6-17)9-10-29/h3-5,11-14,29H,6-10H2,1-2H3. The van der Waals surface area contributed by atoms with E-state index >= 15 is 0 Å². The van der Waals surface area contributed by atoms with Crippen LogP contribution in [0.15, 0.2) is 47.4 Å². The van der Waals surface area contributed by atoms with Gasteiger partial charge in [0.25, 0.3) is 5.56 Å². The molecule has 4 aromatic rings. The number of pyridine rings is 1. The van der Waals surface area contributed by atoms with Crippen LogP contribution in [0, 0.1) is 13.8 Å². The van der Waals surface area contributed by atoms with Crippen molar-refractivity contribution in [2.75, 3.05) is 26.2 Å². The zero-order valence-corrected chi connectivity index (χ0v) is 18.4. The van der Waals surface area contributed by atoms with Gasteiger partial charge in [0.05, 0.1) is 27.5 Å². The van der Waals surface area contributed by atoms with Crippen LogP contribution in [-0.2, 0) is 0 Å². The molecule has 0 fully saturated rings. The van der Waals surface area contributed by atoms with Crippen molar-refractivity contribution in [2.24, 2.45) is 0 Å². The normalized spacial score (nSPS) is 15.0. The Labute approximate surface area is 184 Å². The van der Waals surface area contributed by atoms with Gasteiger partial charge in [0.15, 0.2) is 0 Å². The molecule has 0 saturated heterocycles. The van der Waals surface area contributed by atoms with Crippen molar-refractivity contribution in [1.29, 1.82) is 0 Å². The fourth-order valence-corrected chi connectivity index (χ4v) is 5.09. The third-order valence-corrected chi connectivity index (χ3v) is 6.79. The van der Waals surface area contributed by atoms with Gasteiger partial charge in [-0.15, -0.1) is 11.3 Å². The van der Waals surface area contributed by atoms with Gasteiger partial charge in [-0.05, 0) is 55.2 Å². The number of nitrogens with zero attached hydrogens (tertiary/aromatic N) is 4. The number of fused-ring (bicyclic) bond motifs is 2. The maximum Gasteiger partial charge on any atom is 0.258 e. The smallest absolute Gasteiger partial charge is 0.258 e. The lowest BCUT2D eigenvalue weighted by atomic mass is 9.97. The minimum Gasteiger partial charge on any atom is -0.395 e. The van der Waals surface area contributed by atoms with Gasteiger partial charge in [-0.3, -0.25) is 14.1 Å². The number of aliphatic hydroxyl groups excluding tert-OH is 1. The highest BCUT2D eigenvalue weighted by atomic mass is 32.1. The molecule has 0 aliphatic carbocycles. The average molecular weight is 433 g/mol. The second-order valence-corrected chi connectivity index (χ2v) is 9.23. The SMILES string of the molecule is Cc1nc2ccc(-c3cc(=O)n4cc(C5=CCN(CCO)CC5)c(C)cc4n3)cc2s1. The average Bonchev–Trinajstić information content (AvgIpc) is 3.13. The molecule has 5 rings (SSSR count). The third-order valence-electron chi connectivity index (χ3n) is 5.85. The van der Waals surface area contributed by atoms with Gasteiger partial charge in [0.1, 0.15) is 5.65 Å². The highest BCUT2D eigenvalue weighted by molar-refractivity contribution is 7.18. The number of thiazole rings is 1. The molecule has 4 heterocycles. The molecular weight excluding hydrogens is 408 g/mol. The number of β-amino-alcohol motifs (C(OH)–C–C–N with tert-alkyl or cyclic N) is 1. The largest absolute Gasteiger partial charge is 0.395 e. The van der Waals surface area contributed by atoms with E-state index in [2.05, 4.69) is 29.0 Å². The Hall–Kier alpha value is -2.87. The Morgan fingerprint density at radius 2 is 2.03 bits per heavy atom. The molecule has 1 aliphatic heterocycles. The summed E-state index contributed by atoms with van der Waals surface area (Å²) in [5.41, 5.74) is 6.60. The van der Waals surface area contributed by atoms with Crippen molar-refractivity contribution in [3.8, 4) is 11.3 Å². The molecule has 3 aromatic heterocycles. The molecule has 1 aromatic carbocycles. The molecule has 0 spiro atoms. The predicted octanol–water partition coefficient (Wildman–Crippen LogP) is 3.67. The van der Waals surface area contributed by atoms with Crippen molar-refractivity contribution in [3.05, 3.63) is 69.1 Å². The van der Waals surface area contributed by atoms with Crippen LogP contribution in [-0.4, -0.2) is 50.6 Å². The van der Waals surface area contributed by atoms with Gasteiger partial charge in [0, 0.05) is 37.5 Å². The fourth-order valence-electron chi connectivity index (χ4n) is 4.23. The van der Waals surface area contributed by atoms with Crippen molar-refractivity contribution in [1.82, 2.24) is 19.3 Å². The van der Waals surface area contributed by atoms with Crippen LogP contribution in [0.5, 0.6) is 0 Å². The van der Waals surface area contributed by atoms with E-state index < -0.39 is 0 Å². The van der Waals surface area contributed by atoms with Crippen LogP contribution < -0.4 is 5.56 Å². The van der Waals surface area contributed by atoms with E-state index in [9.17, 15) is 4.79 Å². The van der Waals surface area contributed by atoms with E-state index in [-0.39, 0.29) is 12.2 Å². The summed E-state index contributed by atoms with van der Waals surface area (Å²) in [5, 5.41) is 10.2. The van der Waals surface area contributed by atoms with E-state index in [0.29, 0.717) is 17.9 Å². The summed E-state index contributed by atoms with van der Waals surface area (Å²) in [6.07, 6.45) is 5.03. The second kappa shape index (κ2) is 8.00. The fraction of sp³-hybridized carbons (Fsp3) is 0.292. The summed E-state index contributed by atoms with van der Waals surface area (Å²) >= 11 is 1.65. The maximum absolute atomic E-state index is 13.0. The van der Waals surface area contributed by atoms with Gasteiger partial charge in [0.2, 0.25) is 0 Å². The summed E-state index contributed by atoms with van der Waals surface area (Å²) in [6.45, 7) is 6.67. The van der Waals surface area contributed by atoms with Crippen LogP contribution in [0.2, 0.25) is 0 Å². The topological polar surface area (TPSA) is 70.7 Å². The van der Waals surface area contributed by atoms with E-state index in [1.807, 2.05) is 31.3 Å². The molecule has 7 heteroatoms. The number of rotatable bonds is 4. The van der Waals surface area contributed by atoms with Gasteiger partial charge < -0.3 is 5.11 Å². The zero-order chi connectivity index (χ0) is 21.5. The molecule has 158 valence electrons. The molecule has 0 unspecified atom stereocenters. The third kappa shape index (κ3) is 3.80. The quantitative estimate of drug-likeness (QED) is 0.533. The minimum absolute atomic E-state index is 0.0832. The minimum atomic E-state index is -0.0832. The number of aromatic nitrogens is 3. The highest BCUT2D eigenvalue weighted by Crippen LogP contribution is 2.28. The number of aliphatic hydroxyl groups is 1. The second-order valence-electron chi connectivity index (χ2n) is 8.00. The van der Waals surface area contributed by atoms with E-state index in [1.165, 1.54) is 5.57 Å². The lowest BCUT2D eigenvalue weighted by molar-refractivity contribution is 0.208. The first kappa shape index (κ1) is 20.1. The van der Waals surface area contributed by atoms with Crippen molar-refractivity contribution >= 4 is 32.8 Å². The first-order valence-electron chi connectivity index (χ1n) is 10.5. The summed E-state index contributed by atoms with van der Waals surface area (Å²) in [4.78, 5) is 24.5. The first-order valence-corrected chi connectivity index (χ1v) is 11.3. The molecule has 1 aliphatic rings. The highest BCUT2D eigenvalue weighted by Gasteiger charge is 2.16. The van der Waals surface area contributed by atoms with Gasteiger partial charge in [-0.2, -0.15) is 0 Å². The number of hydrogen-bond acceptors (Lipinski definition) is 6. The molecule has 1 N–H and O–H groups in total. The molecule has 0 amide bonds. The number of aryl methyl sites for hydroxylation is 2. The summed E-state index contributed by atoms with van der Waals surface area (Å²) < 4.78 is 2.74. The maximum atomic E-state index is 13.0. The molecule has 0 radical (unpaired) electrons. The Balaban J connectivity index is 1.55. The van der Waals surface area contributed by atoms with Crippen LogP contribution in [0.4, 0.5) is 0 Å². The summed E-state index contributed by atoms with van der Waals surface area (Å²) in [5.74, 6) is 0. The van der Waals surface area contributed by atoms with Crippen LogP contribution in [0.3, 0.4) is 0 Å². The first-order chi connectivity index (χ1) is 15.0. The Kier molecular flexibility index (Phi) is 5.17. The zero-order valence-electron chi connectivity index (χ0n) is 17.6. The Morgan fingerprint density at radius 3 is 2.81 bits per heavy atom. The molecule has 31 heavy (non-hydrogen) atoms. The predicted molar refractivity (Wildman–Crippen MR) is 126 cm³/mol. The van der Waals surface area contributed by atoms with Crippen LogP contribution in [0.1, 0.15) is 22.6 Å². The molecule has 0 atom stereocenters. The van der Waals surface area contributed by atoms with E-state index in [4.69, 9.17) is 10.1 Å². The summed E-state index contributed by atoms with van der Waals surface area (Å²) in [6, 6.07) is 9.63. The monoisotopic (exact) mass is 432 g/mol. The number of hydrogen-bond donors (Lipinski definition) is 1. The van der Waals surface area contributed by atoms with Crippen molar-refractivity contribution in [2.45, 2.75) is 20.3 Å². The van der Waals surface area contributed by atoms with Gasteiger partial charge in [-0.25, -0.2) is 9.97 Å². The Morgan fingerprint density at radius 1 is 1.16 bits per heavy atom. The van der Waals surface area contributed by atoms with Crippen LogP contribution >= 0.6 is 11.3 Å². The molecule has 0 bridgehead atoms. The molecule has 0 saturated carbocycles. The number of benzene rings is 1. The van der Waals surface area contributed by atoms with Gasteiger partial charge in [-0.1, -0.05) is 12.1 Å². The lowest BCUT2D eigenvalue weighted by Gasteiger charge is -2.26. The molecular formula is C24H24N4O2S. The molecule has 6 nitrogen and oxygen atoms in total.